The lowest BCUT2D eigenvalue weighted by atomic mass is 10.3. The highest BCUT2D eigenvalue weighted by Crippen LogP contribution is 2.19. The summed E-state index contributed by atoms with van der Waals surface area (Å²) in [7, 11) is 0. The number of carbonyl (C=O) groups is 1. The molecule has 0 saturated heterocycles. The summed E-state index contributed by atoms with van der Waals surface area (Å²) >= 11 is 5.57. The monoisotopic (exact) mass is 254 g/mol. The summed E-state index contributed by atoms with van der Waals surface area (Å²) in [5, 5.41) is 10.8. The van der Waals surface area contributed by atoms with Crippen molar-refractivity contribution in [1.82, 2.24) is 4.98 Å². The van der Waals surface area contributed by atoms with E-state index in [-0.39, 0.29) is 23.0 Å². The molecule has 0 aliphatic carbocycles. The first-order valence-electron chi connectivity index (χ1n) is 4.53. The molecular formula is C10H7ClN2O4. The molecule has 0 fully saturated rings. The van der Waals surface area contributed by atoms with Crippen molar-refractivity contribution >= 4 is 23.3 Å². The van der Waals surface area contributed by atoms with Gasteiger partial charge in [0.15, 0.2) is 5.69 Å². The fraction of sp³-hybridized carbons (Fsp3) is 0.200. The van der Waals surface area contributed by atoms with E-state index >= 15 is 0 Å². The third-order valence-electron chi connectivity index (χ3n) is 1.59. The fourth-order valence-corrected chi connectivity index (χ4v) is 1.09. The SMILES string of the molecule is CCOC(=O)C#Cc1ncc(Cl)cc1[N+](=O)[O-]. The molecule has 17 heavy (non-hydrogen) atoms. The zero-order valence-corrected chi connectivity index (χ0v) is 9.52. The van der Waals surface area contributed by atoms with E-state index in [9.17, 15) is 14.9 Å². The van der Waals surface area contributed by atoms with Crippen LogP contribution in [0.1, 0.15) is 12.6 Å². The average molecular weight is 255 g/mol. The number of esters is 1. The number of carbonyl (C=O) groups excluding carboxylic acids is 1. The second kappa shape index (κ2) is 5.82. The lowest BCUT2D eigenvalue weighted by molar-refractivity contribution is -0.385. The number of nitro groups is 1. The Labute approximate surface area is 102 Å². The molecule has 88 valence electrons. The van der Waals surface area contributed by atoms with Crippen molar-refractivity contribution in [3.8, 4) is 11.8 Å². The normalized spacial score (nSPS) is 9.06. The third kappa shape index (κ3) is 3.74. The largest absolute Gasteiger partial charge is 0.456 e. The van der Waals surface area contributed by atoms with Gasteiger partial charge in [-0.1, -0.05) is 11.6 Å². The summed E-state index contributed by atoms with van der Waals surface area (Å²) in [6.45, 7) is 1.81. The topological polar surface area (TPSA) is 82.3 Å². The van der Waals surface area contributed by atoms with Crippen LogP contribution in [0.3, 0.4) is 0 Å². The van der Waals surface area contributed by atoms with Crippen molar-refractivity contribution in [2.75, 3.05) is 6.61 Å². The highest BCUT2D eigenvalue weighted by atomic mass is 35.5. The molecule has 6 nitrogen and oxygen atoms in total. The summed E-state index contributed by atoms with van der Waals surface area (Å²) < 4.78 is 4.55. The number of hydrogen-bond acceptors (Lipinski definition) is 5. The van der Waals surface area contributed by atoms with Gasteiger partial charge in [0.1, 0.15) is 0 Å². The molecule has 0 aliphatic heterocycles. The minimum atomic E-state index is -0.765. The second-order valence-corrected chi connectivity index (χ2v) is 3.19. The number of nitrogens with zero attached hydrogens (tertiary/aromatic N) is 2. The van der Waals surface area contributed by atoms with Crippen molar-refractivity contribution in [1.29, 1.82) is 0 Å². The Bertz CT molecular complexity index is 519. The molecule has 0 spiro atoms. The van der Waals surface area contributed by atoms with Crippen LogP contribution in [-0.2, 0) is 9.53 Å². The molecule has 0 aliphatic rings. The van der Waals surface area contributed by atoms with E-state index in [4.69, 9.17) is 11.6 Å². The highest BCUT2D eigenvalue weighted by Gasteiger charge is 2.14. The fourth-order valence-electron chi connectivity index (χ4n) is 0.941. The van der Waals surface area contributed by atoms with E-state index in [2.05, 4.69) is 21.6 Å². The van der Waals surface area contributed by atoms with E-state index in [1.54, 1.807) is 6.92 Å². The number of halogens is 1. The molecule has 0 unspecified atom stereocenters. The van der Waals surface area contributed by atoms with Crippen LogP contribution in [0, 0.1) is 22.0 Å². The van der Waals surface area contributed by atoms with Gasteiger partial charge >= 0.3 is 11.7 Å². The molecule has 0 radical (unpaired) electrons. The van der Waals surface area contributed by atoms with Crippen LogP contribution in [0.4, 0.5) is 5.69 Å². The molecule has 0 saturated carbocycles. The van der Waals surface area contributed by atoms with Gasteiger partial charge < -0.3 is 4.74 Å². The van der Waals surface area contributed by atoms with Crippen LogP contribution in [0.15, 0.2) is 12.3 Å². The number of rotatable bonds is 2. The minimum absolute atomic E-state index is 0.124. The number of aromatic nitrogens is 1. The molecule has 0 bridgehead atoms. The Morgan fingerprint density at radius 1 is 1.71 bits per heavy atom. The summed E-state index contributed by atoms with van der Waals surface area (Å²) in [6, 6.07) is 1.11. The molecule has 0 atom stereocenters. The summed E-state index contributed by atoms with van der Waals surface area (Å²) in [5.74, 6) is 3.60. The van der Waals surface area contributed by atoms with Crippen molar-refractivity contribution in [3.63, 3.8) is 0 Å². The maximum absolute atomic E-state index is 10.9. The van der Waals surface area contributed by atoms with Gasteiger partial charge in [-0.15, -0.1) is 0 Å². The first-order chi connectivity index (χ1) is 8.04. The lowest BCUT2D eigenvalue weighted by Crippen LogP contribution is -2.00. The van der Waals surface area contributed by atoms with E-state index in [1.807, 2.05) is 0 Å². The molecule has 0 amide bonds. The van der Waals surface area contributed by atoms with Crippen molar-refractivity contribution < 1.29 is 14.5 Å². The third-order valence-corrected chi connectivity index (χ3v) is 1.80. The standard InChI is InChI=1S/C10H7ClN2O4/c1-2-17-10(14)4-3-8-9(13(15)16)5-7(11)6-12-8/h5-6H,2H2,1H3. The lowest BCUT2D eigenvalue weighted by Gasteiger charge is -1.95. The summed E-state index contributed by atoms with van der Waals surface area (Å²) in [4.78, 5) is 24.6. The zero-order chi connectivity index (χ0) is 12.8. The molecule has 1 heterocycles. The molecule has 1 aromatic rings. The van der Waals surface area contributed by atoms with Gasteiger partial charge in [-0.25, -0.2) is 9.78 Å². The molecule has 1 rings (SSSR count). The van der Waals surface area contributed by atoms with E-state index in [0.29, 0.717) is 0 Å². The van der Waals surface area contributed by atoms with Gasteiger partial charge in [0.2, 0.25) is 0 Å². The predicted molar refractivity (Wildman–Crippen MR) is 59.4 cm³/mol. The Hall–Kier alpha value is -2.13. The number of pyridine rings is 1. The van der Waals surface area contributed by atoms with Gasteiger partial charge in [-0.05, 0) is 12.8 Å². The van der Waals surface area contributed by atoms with Crippen LogP contribution >= 0.6 is 11.6 Å². The smallest absolute Gasteiger partial charge is 0.384 e. The highest BCUT2D eigenvalue weighted by molar-refractivity contribution is 6.30. The average Bonchev–Trinajstić information content (AvgIpc) is 2.27. The van der Waals surface area contributed by atoms with Gasteiger partial charge in [0, 0.05) is 18.2 Å². The van der Waals surface area contributed by atoms with Gasteiger partial charge in [0.25, 0.3) is 0 Å². The first kappa shape index (κ1) is 12.9. The van der Waals surface area contributed by atoms with E-state index in [0.717, 1.165) is 6.07 Å². The predicted octanol–water partition coefficient (Wildman–Crippen LogP) is 1.56. The number of ether oxygens (including phenoxy) is 1. The maximum atomic E-state index is 10.9. The van der Waals surface area contributed by atoms with Crippen LogP contribution in [0.5, 0.6) is 0 Å². The molecule has 7 heteroatoms. The van der Waals surface area contributed by atoms with Crippen molar-refractivity contribution in [3.05, 3.63) is 33.1 Å². The Kier molecular flexibility index (Phi) is 4.43. The second-order valence-electron chi connectivity index (χ2n) is 2.75. The Balaban J connectivity index is 3.06. The zero-order valence-electron chi connectivity index (χ0n) is 8.77. The number of hydrogen-bond donors (Lipinski definition) is 0. The minimum Gasteiger partial charge on any atom is -0.456 e. The first-order valence-corrected chi connectivity index (χ1v) is 4.91. The summed E-state index contributed by atoms with van der Waals surface area (Å²) in [6.07, 6.45) is 1.21. The molecule has 0 N–H and O–H groups in total. The van der Waals surface area contributed by atoms with Crippen LogP contribution < -0.4 is 0 Å². The Morgan fingerprint density at radius 2 is 2.41 bits per heavy atom. The summed E-state index contributed by atoms with van der Waals surface area (Å²) in [5.41, 5.74) is -0.484. The van der Waals surface area contributed by atoms with E-state index in [1.165, 1.54) is 6.20 Å². The van der Waals surface area contributed by atoms with Crippen LogP contribution in [-0.4, -0.2) is 22.5 Å². The molecule has 0 aromatic carbocycles. The molecule has 1 aromatic heterocycles. The van der Waals surface area contributed by atoms with Gasteiger partial charge in [-0.3, -0.25) is 10.1 Å². The quantitative estimate of drug-likeness (QED) is 0.346. The van der Waals surface area contributed by atoms with Crippen LogP contribution in [0.2, 0.25) is 5.02 Å². The van der Waals surface area contributed by atoms with Crippen LogP contribution in [0.25, 0.3) is 0 Å². The van der Waals surface area contributed by atoms with Gasteiger partial charge in [0.05, 0.1) is 16.6 Å². The maximum Gasteiger partial charge on any atom is 0.384 e. The molecular weight excluding hydrogens is 248 g/mol. The van der Waals surface area contributed by atoms with Crippen molar-refractivity contribution in [2.24, 2.45) is 0 Å². The Morgan fingerprint density at radius 3 is 3.00 bits per heavy atom. The van der Waals surface area contributed by atoms with Gasteiger partial charge in [-0.2, -0.15) is 0 Å². The van der Waals surface area contributed by atoms with E-state index < -0.39 is 10.9 Å². The van der Waals surface area contributed by atoms with Crippen molar-refractivity contribution in [2.45, 2.75) is 6.92 Å².